The molecule has 5 aromatic rings. The Bertz CT molecular complexity index is 1440. The quantitative estimate of drug-likeness (QED) is 0.209. The maximum atomic E-state index is 3.29. The van der Waals surface area contributed by atoms with Gasteiger partial charge in [0.15, 0.2) is 0 Å². The van der Waals surface area contributed by atoms with Gasteiger partial charge < -0.3 is 24.8 Å². The van der Waals surface area contributed by atoms with Crippen LogP contribution in [0.2, 0.25) is 19.6 Å². The molecule has 0 bridgehead atoms. The van der Waals surface area contributed by atoms with E-state index in [4.69, 9.17) is 0 Å². The van der Waals surface area contributed by atoms with Crippen LogP contribution in [-0.4, -0.2) is 11.3 Å². The maximum absolute atomic E-state index is 3.29. The summed E-state index contributed by atoms with van der Waals surface area (Å²) in [7, 11) is -1.02. The minimum absolute atomic E-state index is 0. The van der Waals surface area contributed by atoms with Gasteiger partial charge >= 0.3 is 99.2 Å². The van der Waals surface area contributed by atoms with Crippen LogP contribution in [0.5, 0.6) is 0 Å². The molecule has 6 rings (SSSR count). The van der Waals surface area contributed by atoms with Gasteiger partial charge in [-0.1, -0.05) is 68.9 Å². The van der Waals surface area contributed by atoms with Crippen LogP contribution in [0.1, 0.15) is 18.1 Å². The molecule has 198 valence electrons. The average Bonchev–Trinajstić information content (AvgIpc) is 3.54. The van der Waals surface area contributed by atoms with Crippen molar-refractivity contribution >= 4 is 32.8 Å². The number of fused-ring (bicyclic) bond motifs is 3. The van der Waals surface area contributed by atoms with Gasteiger partial charge in [-0.25, -0.2) is 11.3 Å². The van der Waals surface area contributed by atoms with E-state index >= 15 is 0 Å². The summed E-state index contributed by atoms with van der Waals surface area (Å²) < 4.78 is 1.42. The molecule has 0 N–H and O–H groups in total. The van der Waals surface area contributed by atoms with Gasteiger partial charge in [-0.15, -0.1) is 39.7 Å². The number of halogens is 2. The molecule has 5 aromatic carbocycles. The van der Waals surface area contributed by atoms with Crippen LogP contribution < -0.4 is 24.8 Å². The van der Waals surface area contributed by atoms with Crippen molar-refractivity contribution in [2.24, 2.45) is 5.92 Å². The van der Waals surface area contributed by atoms with E-state index in [0.29, 0.717) is 5.92 Å². The van der Waals surface area contributed by atoms with E-state index in [0.717, 1.165) is 0 Å². The van der Waals surface area contributed by atoms with Gasteiger partial charge in [-0.2, -0.15) is 6.08 Å². The topological polar surface area (TPSA) is 0 Å². The molecule has 39 heavy (non-hydrogen) atoms. The molecule has 0 aliphatic heterocycles. The van der Waals surface area contributed by atoms with Crippen molar-refractivity contribution in [2.45, 2.75) is 26.6 Å². The van der Waals surface area contributed by atoms with Crippen molar-refractivity contribution in [3.8, 4) is 0 Å². The van der Waals surface area contributed by atoms with E-state index in [-0.39, 0.29) is 24.8 Å². The van der Waals surface area contributed by atoms with E-state index in [1.165, 1.54) is 60.1 Å². The summed E-state index contributed by atoms with van der Waals surface area (Å²) in [6, 6.07) is 40.4. The van der Waals surface area contributed by atoms with Crippen molar-refractivity contribution < 1.29 is 49.0 Å². The summed E-state index contributed by atoms with van der Waals surface area (Å²) in [5.74, 6) is 0.557. The third-order valence-corrected chi connectivity index (χ3v) is 9.91. The fourth-order valence-electron chi connectivity index (χ4n) is 4.33. The number of benzene rings is 4. The van der Waals surface area contributed by atoms with E-state index in [1.54, 1.807) is 5.20 Å². The molecule has 0 amide bonds. The molecule has 0 saturated carbocycles. The summed E-state index contributed by atoms with van der Waals surface area (Å²) in [5.41, 5.74) is 2.66. The zero-order valence-electron chi connectivity index (χ0n) is 23.0. The first-order chi connectivity index (χ1) is 17.8. The van der Waals surface area contributed by atoms with Gasteiger partial charge in [0.05, 0.1) is 0 Å². The first kappa shape index (κ1) is 33.0. The first-order valence-corrected chi connectivity index (χ1v) is 17.6. The van der Waals surface area contributed by atoms with E-state index in [1.807, 2.05) is 0 Å². The zero-order valence-corrected chi connectivity index (χ0v) is 27.9. The second-order valence-corrected chi connectivity index (χ2v) is 16.7. The van der Waals surface area contributed by atoms with Crippen molar-refractivity contribution in [2.75, 3.05) is 0 Å². The van der Waals surface area contributed by atoms with Crippen LogP contribution >= 0.6 is 0 Å². The van der Waals surface area contributed by atoms with Gasteiger partial charge in [0, 0.05) is 0 Å². The molecule has 0 radical (unpaired) electrons. The Balaban J connectivity index is 0.000000203. The molecule has 0 fully saturated rings. The van der Waals surface area contributed by atoms with Crippen molar-refractivity contribution in [1.82, 2.24) is 0 Å². The Morgan fingerprint density at radius 1 is 0.667 bits per heavy atom. The molecule has 0 spiro atoms. The molecule has 0 saturated heterocycles. The SMILES string of the molecule is CC1[C-]=CC([Si](C)(C)C)=C1.[Cl-].[Cl-].[Zr+2]=[C](c1ccccc1)c1ccccc1.c1ccc2c(c1)[cH-]c1ccccc12. The van der Waals surface area contributed by atoms with Crippen LogP contribution in [0, 0.1) is 12.0 Å². The van der Waals surface area contributed by atoms with E-state index in [9.17, 15) is 0 Å². The molecule has 0 heterocycles. The third-order valence-electron chi connectivity index (χ3n) is 6.44. The number of allylic oxidation sites excluding steroid dienone is 4. The fraction of sp³-hybridized carbons (Fsp3) is 0.143. The summed E-state index contributed by atoms with van der Waals surface area (Å²) in [4.78, 5) is 0. The largest absolute Gasteiger partial charge is 0.126 e. The monoisotopic (exact) mass is 642 g/mol. The molecular weight excluding hydrogens is 611 g/mol. The van der Waals surface area contributed by atoms with Gasteiger partial charge in [-0.05, 0) is 8.07 Å². The minimum Gasteiger partial charge on any atom is -0.126 e. The summed E-state index contributed by atoms with van der Waals surface area (Å²) in [5, 5.41) is 6.95. The Morgan fingerprint density at radius 3 is 1.44 bits per heavy atom. The summed E-state index contributed by atoms with van der Waals surface area (Å²) >= 11 is 1.46. The first-order valence-electron chi connectivity index (χ1n) is 12.9. The predicted molar refractivity (Wildman–Crippen MR) is 162 cm³/mol. The Morgan fingerprint density at radius 2 is 1.08 bits per heavy atom. The average molecular weight is 645 g/mol. The fourth-order valence-corrected chi connectivity index (χ4v) is 6.42. The molecule has 0 nitrogen and oxygen atoms in total. The van der Waals surface area contributed by atoms with E-state index in [2.05, 4.69) is 160 Å². The van der Waals surface area contributed by atoms with Crippen molar-refractivity contribution in [1.29, 1.82) is 0 Å². The van der Waals surface area contributed by atoms with Crippen LogP contribution in [0.3, 0.4) is 0 Å². The molecule has 1 aliphatic rings. The minimum atomic E-state index is -1.02. The predicted octanol–water partition coefficient (Wildman–Crippen LogP) is 3.32. The Hall–Kier alpha value is -2.22. The van der Waals surface area contributed by atoms with E-state index < -0.39 is 8.07 Å². The Labute approximate surface area is 262 Å². The van der Waals surface area contributed by atoms with Crippen molar-refractivity contribution in [3.05, 3.63) is 150 Å². The number of hydrogen-bond donors (Lipinski definition) is 0. The van der Waals surface area contributed by atoms with Crippen LogP contribution in [0.25, 0.3) is 21.5 Å². The summed E-state index contributed by atoms with van der Waals surface area (Å²) in [6.45, 7) is 9.29. The zero-order chi connectivity index (χ0) is 26.3. The summed E-state index contributed by atoms with van der Waals surface area (Å²) in [6.07, 6.45) is 7.81. The number of hydrogen-bond acceptors (Lipinski definition) is 0. The standard InChI is InChI=1S/C13H9.C13H10.C9H15Si.2ClH.Zr/c1-3-7-12-10(5-1)9-11-6-2-4-8-13(11)12;1-3-7-12(8-4-1)11-13-9-5-2-6-10-13;1-8-5-6-9(7-8)10(2,3)4;;;/h1-9H;1-10H;6-8H,1-4H3;2*1H;/q-1;;-1;;;+2/p-2. The van der Waals surface area contributed by atoms with Crippen LogP contribution in [0.4, 0.5) is 0 Å². The van der Waals surface area contributed by atoms with Gasteiger partial charge in [0.2, 0.25) is 0 Å². The molecule has 4 heteroatoms. The van der Waals surface area contributed by atoms with Gasteiger partial charge in [0.1, 0.15) is 0 Å². The second kappa shape index (κ2) is 15.5. The van der Waals surface area contributed by atoms with Crippen molar-refractivity contribution in [3.63, 3.8) is 0 Å². The maximum Gasteiger partial charge on any atom is -0.0771 e. The third kappa shape index (κ3) is 9.16. The number of rotatable bonds is 3. The van der Waals surface area contributed by atoms with Crippen LogP contribution in [-0.2, 0) is 24.2 Å². The molecule has 1 aliphatic carbocycles. The van der Waals surface area contributed by atoms with Gasteiger partial charge in [0.25, 0.3) is 0 Å². The normalized spacial score (nSPS) is 13.7. The Kier molecular flexibility index (Phi) is 13.1. The van der Waals surface area contributed by atoms with Gasteiger partial charge in [-0.3, -0.25) is 6.08 Å². The molecule has 1 unspecified atom stereocenters. The molecule has 0 aromatic heterocycles. The molecule has 1 atom stereocenters. The van der Waals surface area contributed by atoms with Crippen LogP contribution in [0.15, 0.2) is 133 Å². The second-order valence-electron chi connectivity index (χ2n) is 10.4. The molecular formula is C35H34Cl2SiZr-2. The smallest absolute Gasteiger partial charge is 0.0771 e.